The Hall–Kier alpha value is -0.830. The van der Waals surface area contributed by atoms with Crippen molar-refractivity contribution in [1.82, 2.24) is 10.0 Å². The fraction of sp³-hybridized carbons (Fsp3) is 0.500. The summed E-state index contributed by atoms with van der Waals surface area (Å²) < 4.78 is 38.4. The van der Waals surface area contributed by atoms with E-state index in [1.807, 2.05) is 6.92 Å². The average molecular weight is 365 g/mol. The lowest BCUT2D eigenvalue weighted by atomic mass is 10.3. The van der Waals surface area contributed by atoms with E-state index < -0.39 is 10.0 Å². The maximum absolute atomic E-state index is 12.3. The van der Waals surface area contributed by atoms with Gasteiger partial charge < -0.3 is 14.8 Å². The Morgan fingerprint density at radius 3 is 2.50 bits per heavy atom. The van der Waals surface area contributed by atoms with Crippen LogP contribution >= 0.6 is 15.9 Å². The van der Waals surface area contributed by atoms with Gasteiger partial charge in [0.15, 0.2) is 11.5 Å². The summed E-state index contributed by atoms with van der Waals surface area (Å²) in [6.45, 7) is 3.07. The van der Waals surface area contributed by atoms with Gasteiger partial charge >= 0.3 is 0 Å². The fourth-order valence-corrected chi connectivity index (χ4v) is 3.83. The zero-order valence-corrected chi connectivity index (χ0v) is 13.7. The van der Waals surface area contributed by atoms with Crippen molar-refractivity contribution in [2.45, 2.75) is 17.9 Å². The van der Waals surface area contributed by atoms with E-state index in [1.54, 1.807) is 13.1 Å². The summed E-state index contributed by atoms with van der Waals surface area (Å²) in [7, 11) is -1.83. The lowest BCUT2D eigenvalue weighted by Crippen LogP contribution is -2.37. The molecule has 0 spiro atoms. The van der Waals surface area contributed by atoms with Crippen molar-refractivity contribution >= 4 is 26.0 Å². The largest absolute Gasteiger partial charge is 0.486 e. The second-order valence-corrected chi connectivity index (χ2v) is 7.06. The van der Waals surface area contributed by atoms with Gasteiger partial charge in [0, 0.05) is 23.1 Å². The monoisotopic (exact) mass is 364 g/mol. The number of likely N-dealkylation sites (N-methyl/N-ethyl adjacent to an activating group) is 1. The van der Waals surface area contributed by atoms with Crippen LogP contribution < -0.4 is 19.5 Å². The van der Waals surface area contributed by atoms with Gasteiger partial charge in [-0.3, -0.25) is 0 Å². The molecule has 6 nitrogen and oxygen atoms in total. The molecule has 0 aliphatic carbocycles. The summed E-state index contributed by atoms with van der Waals surface area (Å²) in [4.78, 5) is 0.144. The highest BCUT2D eigenvalue weighted by molar-refractivity contribution is 9.10. The third kappa shape index (κ3) is 3.43. The number of ether oxygens (including phenoxy) is 2. The Balaban J connectivity index is 2.27. The third-order valence-corrected chi connectivity index (χ3v) is 5.34. The average Bonchev–Trinajstić information content (AvgIpc) is 2.44. The van der Waals surface area contributed by atoms with Gasteiger partial charge in [0.2, 0.25) is 10.0 Å². The van der Waals surface area contributed by atoms with Gasteiger partial charge in [-0.1, -0.05) is 0 Å². The first kappa shape index (κ1) is 15.6. The van der Waals surface area contributed by atoms with Gasteiger partial charge in [0.25, 0.3) is 0 Å². The zero-order chi connectivity index (χ0) is 14.8. The molecule has 0 radical (unpaired) electrons. The van der Waals surface area contributed by atoms with Crippen LogP contribution in [-0.2, 0) is 10.0 Å². The van der Waals surface area contributed by atoms with Gasteiger partial charge in [-0.2, -0.15) is 0 Å². The number of nitrogens with one attached hydrogen (secondary N) is 2. The van der Waals surface area contributed by atoms with Crippen LogP contribution in [0.3, 0.4) is 0 Å². The Bertz CT molecular complexity index is 591. The summed E-state index contributed by atoms with van der Waals surface area (Å²) in [6, 6.07) is 3.14. The zero-order valence-electron chi connectivity index (χ0n) is 11.3. The van der Waals surface area contributed by atoms with Crippen molar-refractivity contribution in [3.8, 4) is 11.5 Å². The molecular formula is C12H17BrN2O4S. The molecular weight excluding hydrogens is 348 g/mol. The van der Waals surface area contributed by atoms with E-state index in [0.717, 1.165) is 0 Å². The van der Waals surface area contributed by atoms with Crippen molar-refractivity contribution < 1.29 is 17.9 Å². The maximum Gasteiger partial charge on any atom is 0.241 e. The SMILES string of the molecule is CNC(C)CNS(=O)(=O)c1cc2c(cc1Br)OCCO2. The molecule has 1 aliphatic heterocycles. The van der Waals surface area contributed by atoms with Crippen LogP contribution in [-0.4, -0.2) is 41.3 Å². The topological polar surface area (TPSA) is 76.7 Å². The minimum absolute atomic E-state index is 0.0424. The predicted molar refractivity (Wildman–Crippen MR) is 78.8 cm³/mol. The van der Waals surface area contributed by atoms with E-state index in [4.69, 9.17) is 9.47 Å². The standard InChI is InChI=1S/C12H17BrN2O4S/c1-8(14-2)7-15-20(16,17)12-6-11-10(5-9(12)13)18-3-4-19-11/h5-6,8,14-15H,3-4,7H2,1-2H3. The quantitative estimate of drug-likeness (QED) is 0.818. The molecule has 0 amide bonds. The van der Waals surface area contributed by atoms with Crippen molar-refractivity contribution in [2.24, 2.45) is 0 Å². The molecule has 1 unspecified atom stereocenters. The normalized spacial score (nSPS) is 15.9. The predicted octanol–water partition coefficient (Wildman–Crippen LogP) is 1.11. The first-order valence-electron chi connectivity index (χ1n) is 6.20. The van der Waals surface area contributed by atoms with Crippen LogP contribution in [0, 0.1) is 0 Å². The Morgan fingerprint density at radius 1 is 1.30 bits per heavy atom. The molecule has 1 aliphatic rings. The lowest BCUT2D eigenvalue weighted by molar-refractivity contribution is 0.171. The molecule has 2 N–H and O–H groups in total. The molecule has 0 fully saturated rings. The van der Waals surface area contributed by atoms with E-state index in [2.05, 4.69) is 26.0 Å². The van der Waals surface area contributed by atoms with E-state index in [-0.39, 0.29) is 10.9 Å². The number of halogens is 1. The van der Waals surface area contributed by atoms with Crippen molar-refractivity contribution in [2.75, 3.05) is 26.8 Å². The summed E-state index contributed by atoms with van der Waals surface area (Å²) >= 11 is 3.26. The molecule has 8 heteroatoms. The molecule has 1 aromatic rings. The summed E-state index contributed by atoms with van der Waals surface area (Å²) in [5.74, 6) is 0.993. The molecule has 20 heavy (non-hydrogen) atoms. The summed E-state index contributed by atoms with van der Waals surface area (Å²) in [6.07, 6.45) is 0. The highest BCUT2D eigenvalue weighted by atomic mass is 79.9. The minimum Gasteiger partial charge on any atom is -0.486 e. The maximum atomic E-state index is 12.3. The molecule has 1 heterocycles. The Kier molecular flexibility index (Phi) is 4.90. The van der Waals surface area contributed by atoms with Crippen molar-refractivity contribution in [3.63, 3.8) is 0 Å². The van der Waals surface area contributed by atoms with Gasteiger partial charge in [0.1, 0.15) is 18.1 Å². The number of benzene rings is 1. The second-order valence-electron chi connectivity index (χ2n) is 4.47. The van der Waals surface area contributed by atoms with Crippen LogP contribution in [0.15, 0.2) is 21.5 Å². The van der Waals surface area contributed by atoms with E-state index >= 15 is 0 Å². The van der Waals surface area contributed by atoms with Gasteiger partial charge in [-0.15, -0.1) is 0 Å². The summed E-state index contributed by atoms with van der Waals surface area (Å²) in [5.41, 5.74) is 0. The van der Waals surface area contributed by atoms with Gasteiger partial charge in [-0.05, 0) is 36.0 Å². The first-order chi connectivity index (χ1) is 9.44. The van der Waals surface area contributed by atoms with Crippen LogP contribution in [0.5, 0.6) is 11.5 Å². The van der Waals surface area contributed by atoms with Crippen molar-refractivity contribution in [1.29, 1.82) is 0 Å². The first-order valence-corrected chi connectivity index (χ1v) is 8.47. The molecule has 1 aromatic carbocycles. The Morgan fingerprint density at radius 2 is 1.90 bits per heavy atom. The van der Waals surface area contributed by atoms with Crippen molar-refractivity contribution in [3.05, 3.63) is 16.6 Å². The highest BCUT2D eigenvalue weighted by Gasteiger charge is 2.23. The second kappa shape index (κ2) is 6.30. The molecule has 112 valence electrons. The summed E-state index contributed by atoms with van der Waals surface area (Å²) in [5, 5.41) is 2.97. The molecule has 2 rings (SSSR count). The van der Waals surface area contributed by atoms with Crippen LogP contribution in [0.25, 0.3) is 0 Å². The number of rotatable bonds is 5. The lowest BCUT2D eigenvalue weighted by Gasteiger charge is -2.20. The number of sulfonamides is 1. The van der Waals surface area contributed by atoms with Crippen LogP contribution in [0.1, 0.15) is 6.92 Å². The number of hydrogen-bond acceptors (Lipinski definition) is 5. The van der Waals surface area contributed by atoms with Gasteiger partial charge in [0.05, 0.1) is 0 Å². The number of fused-ring (bicyclic) bond motifs is 1. The van der Waals surface area contributed by atoms with Crippen LogP contribution in [0.4, 0.5) is 0 Å². The molecule has 1 atom stereocenters. The Labute approximate surface area is 127 Å². The van der Waals surface area contributed by atoms with E-state index in [9.17, 15) is 8.42 Å². The minimum atomic E-state index is -3.60. The number of hydrogen-bond donors (Lipinski definition) is 2. The molecule has 0 bridgehead atoms. The van der Waals surface area contributed by atoms with Gasteiger partial charge in [-0.25, -0.2) is 13.1 Å². The fourth-order valence-electron chi connectivity index (χ4n) is 1.67. The smallest absolute Gasteiger partial charge is 0.241 e. The molecule has 0 saturated carbocycles. The van der Waals surface area contributed by atoms with E-state index in [1.165, 1.54) is 6.07 Å². The van der Waals surface area contributed by atoms with Crippen LogP contribution in [0.2, 0.25) is 0 Å². The third-order valence-electron chi connectivity index (χ3n) is 2.96. The highest BCUT2D eigenvalue weighted by Crippen LogP contribution is 2.37. The molecule has 0 saturated heterocycles. The van der Waals surface area contributed by atoms with E-state index in [0.29, 0.717) is 35.7 Å². The molecule has 0 aromatic heterocycles.